The Bertz CT molecular complexity index is 485. The van der Waals surface area contributed by atoms with Crippen LogP contribution in [0, 0.1) is 0 Å². The minimum atomic E-state index is 0.0217. The van der Waals surface area contributed by atoms with Crippen LogP contribution in [0.15, 0.2) is 24.3 Å². The summed E-state index contributed by atoms with van der Waals surface area (Å²) in [5.74, 6) is 0.0217. The Hall–Kier alpha value is -1.64. The number of fused-ring (bicyclic) bond motifs is 1. The van der Waals surface area contributed by atoms with Gasteiger partial charge in [0.15, 0.2) is 5.78 Å². The topological polar surface area (TPSA) is 34.9 Å². The first-order chi connectivity index (χ1) is 6.74. The fourth-order valence-corrected chi connectivity index (χ4v) is 1.63. The van der Waals surface area contributed by atoms with Crippen LogP contribution >= 0.6 is 0 Å². The lowest BCUT2D eigenvalue weighted by molar-refractivity contribution is 0.101. The summed E-state index contributed by atoms with van der Waals surface area (Å²) in [7, 11) is 0. The van der Waals surface area contributed by atoms with Gasteiger partial charge in [-0.05, 0) is 13.0 Å². The first kappa shape index (κ1) is 8.94. The van der Waals surface area contributed by atoms with E-state index in [0.29, 0.717) is 5.69 Å². The molecule has 0 aliphatic heterocycles. The normalized spacial score (nSPS) is 10.7. The Kier molecular flexibility index (Phi) is 2.08. The quantitative estimate of drug-likeness (QED) is 0.677. The van der Waals surface area contributed by atoms with Gasteiger partial charge in [-0.2, -0.15) is 5.10 Å². The third-order valence-corrected chi connectivity index (χ3v) is 2.29. The van der Waals surface area contributed by atoms with E-state index in [0.717, 1.165) is 17.4 Å². The van der Waals surface area contributed by atoms with Crippen LogP contribution in [0.25, 0.3) is 10.9 Å². The van der Waals surface area contributed by atoms with Gasteiger partial charge in [0, 0.05) is 18.9 Å². The van der Waals surface area contributed by atoms with Crippen LogP contribution < -0.4 is 0 Å². The zero-order valence-electron chi connectivity index (χ0n) is 8.32. The Morgan fingerprint density at radius 1 is 1.43 bits per heavy atom. The van der Waals surface area contributed by atoms with Crippen LogP contribution in [0.4, 0.5) is 0 Å². The average molecular weight is 188 g/mol. The number of aromatic nitrogens is 2. The van der Waals surface area contributed by atoms with E-state index in [4.69, 9.17) is 0 Å². The maximum absolute atomic E-state index is 11.3. The summed E-state index contributed by atoms with van der Waals surface area (Å²) in [6.45, 7) is 4.35. The summed E-state index contributed by atoms with van der Waals surface area (Å²) >= 11 is 0. The van der Waals surface area contributed by atoms with Gasteiger partial charge in [0.1, 0.15) is 5.69 Å². The van der Waals surface area contributed by atoms with E-state index in [1.807, 2.05) is 35.9 Å². The van der Waals surface area contributed by atoms with Gasteiger partial charge >= 0.3 is 0 Å². The fraction of sp³-hybridized carbons (Fsp3) is 0.273. The Morgan fingerprint density at radius 3 is 2.79 bits per heavy atom. The van der Waals surface area contributed by atoms with Crippen molar-refractivity contribution in [2.45, 2.75) is 20.4 Å². The average Bonchev–Trinajstić information content (AvgIpc) is 2.56. The number of ketones is 1. The molecule has 0 N–H and O–H groups in total. The number of Topliss-reactive ketones (excluding diaryl/α,β-unsaturated/α-hetero) is 1. The van der Waals surface area contributed by atoms with Gasteiger partial charge in [0.05, 0.1) is 5.52 Å². The number of aryl methyl sites for hydroxylation is 1. The summed E-state index contributed by atoms with van der Waals surface area (Å²) in [4.78, 5) is 11.3. The first-order valence-electron chi connectivity index (χ1n) is 4.70. The van der Waals surface area contributed by atoms with Gasteiger partial charge < -0.3 is 0 Å². The Balaban J connectivity index is 2.80. The Morgan fingerprint density at radius 2 is 2.14 bits per heavy atom. The van der Waals surface area contributed by atoms with E-state index in [1.54, 1.807) is 6.92 Å². The lowest BCUT2D eigenvalue weighted by Crippen LogP contribution is -1.99. The zero-order valence-corrected chi connectivity index (χ0v) is 8.32. The standard InChI is InChI=1S/C11H12N2O/c1-3-13-10-7-5-4-6-9(10)11(12-13)8(2)14/h4-7H,3H2,1-2H3. The number of carbonyl (C=O) groups excluding carboxylic acids is 1. The molecule has 1 heterocycles. The highest BCUT2D eigenvalue weighted by Gasteiger charge is 2.11. The second kappa shape index (κ2) is 3.25. The van der Waals surface area contributed by atoms with Crippen LogP contribution in [-0.2, 0) is 6.54 Å². The number of hydrogen-bond acceptors (Lipinski definition) is 2. The predicted octanol–water partition coefficient (Wildman–Crippen LogP) is 2.26. The summed E-state index contributed by atoms with van der Waals surface area (Å²) < 4.78 is 1.85. The SMILES string of the molecule is CCn1nc(C(C)=O)c2ccccc21. The van der Waals surface area contributed by atoms with Crippen molar-refractivity contribution >= 4 is 16.7 Å². The fourth-order valence-electron chi connectivity index (χ4n) is 1.63. The second-order valence-electron chi connectivity index (χ2n) is 3.24. The van der Waals surface area contributed by atoms with Crippen LogP contribution in [0.5, 0.6) is 0 Å². The molecule has 0 unspecified atom stereocenters. The Labute approximate surface area is 82.3 Å². The first-order valence-corrected chi connectivity index (χ1v) is 4.70. The monoisotopic (exact) mass is 188 g/mol. The smallest absolute Gasteiger partial charge is 0.180 e. The van der Waals surface area contributed by atoms with Gasteiger partial charge in [-0.3, -0.25) is 9.48 Å². The molecule has 14 heavy (non-hydrogen) atoms. The van der Waals surface area contributed by atoms with Crippen LogP contribution in [0.2, 0.25) is 0 Å². The molecule has 0 saturated heterocycles. The zero-order chi connectivity index (χ0) is 10.1. The van der Waals surface area contributed by atoms with Crippen molar-refractivity contribution in [2.75, 3.05) is 0 Å². The number of rotatable bonds is 2. The molecule has 1 aromatic heterocycles. The van der Waals surface area contributed by atoms with E-state index in [-0.39, 0.29) is 5.78 Å². The van der Waals surface area contributed by atoms with Gasteiger partial charge in [-0.1, -0.05) is 18.2 Å². The largest absolute Gasteiger partial charge is 0.293 e. The highest BCUT2D eigenvalue weighted by atomic mass is 16.1. The van der Waals surface area contributed by atoms with Gasteiger partial charge in [-0.15, -0.1) is 0 Å². The van der Waals surface area contributed by atoms with Crippen molar-refractivity contribution in [2.24, 2.45) is 0 Å². The predicted molar refractivity (Wildman–Crippen MR) is 55.4 cm³/mol. The molecular formula is C11H12N2O. The van der Waals surface area contributed by atoms with E-state index in [1.165, 1.54) is 0 Å². The van der Waals surface area contributed by atoms with Crippen LogP contribution in [0.1, 0.15) is 24.3 Å². The molecule has 0 bridgehead atoms. The van der Waals surface area contributed by atoms with Crippen molar-refractivity contribution in [3.8, 4) is 0 Å². The summed E-state index contributed by atoms with van der Waals surface area (Å²) in [5, 5.41) is 5.22. The molecule has 0 spiro atoms. The highest BCUT2D eigenvalue weighted by Crippen LogP contribution is 2.18. The number of hydrogen-bond donors (Lipinski definition) is 0. The molecule has 0 radical (unpaired) electrons. The summed E-state index contributed by atoms with van der Waals surface area (Å²) in [5.41, 5.74) is 1.60. The van der Waals surface area contributed by atoms with Gasteiger partial charge in [-0.25, -0.2) is 0 Å². The van der Waals surface area contributed by atoms with Gasteiger partial charge in [0.25, 0.3) is 0 Å². The molecule has 1 aromatic carbocycles. The number of carbonyl (C=O) groups is 1. The lowest BCUT2D eigenvalue weighted by Gasteiger charge is -1.95. The molecule has 2 aromatic rings. The third-order valence-electron chi connectivity index (χ3n) is 2.29. The molecule has 0 fully saturated rings. The van der Waals surface area contributed by atoms with E-state index >= 15 is 0 Å². The molecule has 2 rings (SSSR count). The van der Waals surface area contributed by atoms with Crippen molar-refractivity contribution in [1.29, 1.82) is 0 Å². The second-order valence-corrected chi connectivity index (χ2v) is 3.24. The molecule has 0 atom stereocenters. The van der Waals surface area contributed by atoms with E-state index < -0.39 is 0 Å². The minimum Gasteiger partial charge on any atom is -0.293 e. The number of nitrogens with zero attached hydrogens (tertiary/aromatic N) is 2. The molecule has 0 aliphatic rings. The maximum Gasteiger partial charge on any atom is 0.180 e. The highest BCUT2D eigenvalue weighted by molar-refractivity contribution is 6.04. The van der Waals surface area contributed by atoms with Crippen molar-refractivity contribution in [1.82, 2.24) is 9.78 Å². The van der Waals surface area contributed by atoms with Crippen molar-refractivity contribution in [3.63, 3.8) is 0 Å². The van der Waals surface area contributed by atoms with Crippen LogP contribution in [-0.4, -0.2) is 15.6 Å². The maximum atomic E-state index is 11.3. The minimum absolute atomic E-state index is 0.0217. The molecule has 3 heteroatoms. The number of para-hydroxylation sites is 1. The van der Waals surface area contributed by atoms with Gasteiger partial charge in [0.2, 0.25) is 0 Å². The van der Waals surface area contributed by atoms with E-state index in [2.05, 4.69) is 5.10 Å². The molecular weight excluding hydrogens is 176 g/mol. The van der Waals surface area contributed by atoms with Crippen LogP contribution in [0.3, 0.4) is 0 Å². The molecule has 3 nitrogen and oxygen atoms in total. The van der Waals surface area contributed by atoms with Crippen molar-refractivity contribution in [3.05, 3.63) is 30.0 Å². The van der Waals surface area contributed by atoms with Crippen molar-refractivity contribution < 1.29 is 4.79 Å². The summed E-state index contributed by atoms with van der Waals surface area (Å²) in [6, 6.07) is 7.81. The molecule has 72 valence electrons. The third kappa shape index (κ3) is 1.21. The summed E-state index contributed by atoms with van der Waals surface area (Å²) in [6.07, 6.45) is 0. The molecule has 0 aliphatic carbocycles. The number of benzene rings is 1. The lowest BCUT2D eigenvalue weighted by atomic mass is 10.2. The van der Waals surface area contributed by atoms with E-state index in [9.17, 15) is 4.79 Å². The molecule has 0 saturated carbocycles. The molecule has 0 amide bonds.